The molecule has 260 valence electrons. The van der Waals surface area contributed by atoms with E-state index >= 15 is 0 Å². The van der Waals surface area contributed by atoms with Gasteiger partial charge in [-0.1, -0.05) is 75.5 Å². The molecule has 0 fully saturated rings. The summed E-state index contributed by atoms with van der Waals surface area (Å²) in [7, 11) is 0. The van der Waals surface area contributed by atoms with Crippen LogP contribution in [-0.4, -0.2) is 67.8 Å². The third kappa shape index (κ3) is 9.88. The maximum absolute atomic E-state index is 13.7. The molecule has 1 amide bonds. The van der Waals surface area contributed by atoms with Gasteiger partial charge < -0.3 is 25.7 Å². The number of aryl methyl sites for hydroxylation is 1. The van der Waals surface area contributed by atoms with Gasteiger partial charge in [0.2, 0.25) is 11.7 Å². The van der Waals surface area contributed by atoms with Gasteiger partial charge in [-0.3, -0.25) is 24.0 Å². The molecule has 6 atom stereocenters. The van der Waals surface area contributed by atoms with Gasteiger partial charge in [0.05, 0.1) is 29.6 Å². The van der Waals surface area contributed by atoms with Gasteiger partial charge in [-0.25, -0.2) is 0 Å². The summed E-state index contributed by atoms with van der Waals surface area (Å²) in [5.74, 6) is -4.96. The van der Waals surface area contributed by atoms with Crippen molar-refractivity contribution in [1.29, 1.82) is 0 Å². The summed E-state index contributed by atoms with van der Waals surface area (Å²) >= 11 is 0. The molecule has 49 heavy (non-hydrogen) atoms. The van der Waals surface area contributed by atoms with Crippen molar-refractivity contribution in [2.45, 2.75) is 72.7 Å². The molecule has 2 aliphatic heterocycles. The number of phenols is 1. The summed E-state index contributed by atoms with van der Waals surface area (Å²) in [5.41, 5.74) is -0.339. The molecule has 4 rings (SSSR count). The largest absolute Gasteiger partial charge is 0.507 e. The van der Waals surface area contributed by atoms with E-state index in [-0.39, 0.29) is 58.1 Å². The summed E-state index contributed by atoms with van der Waals surface area (Å²) in [5, 5.41) is 45.3. The molecule has 5 N–H and O–H groups in total. The highest BCUT2D eigenvalue weighted by atomic mass is 16.3. The molecule has 1 aliphatic carbocycles. The first-order chi connectivity index (χ1) is 23.0. The number of allylic oxidation sites excluding steroid dienone is 8. The van der Waals surface area contributed by atoms with Crippen LogP contribution in [0.3, 0.4) is 0 Å². The summed E-state index contributed by atoms with van der Waals surface area (Å²) in [6.07, 6.45) is 13.4. The first-order valence-electron chi connectivity index (χ1n) is 16.2. The first kappa shape index (κ1) is 38.7. The number of hydrogen-bond acceptors (Lipinski definition) is 9. The number of phenolic OH excluding ortho intramolecular Hbond substituents is 1. The SMILES string of the molecule is C/C1=C/[C@@H](C)[C@@H](O)[C@H](C)/C=C/[C@@H](O)C/C=C(\C)C(=O)C[C@@H](O)[C@H](C)/C=C/C=C\C=C\C(=O)NC2=CC(=O)c3c(cc(C)c(O)c3C1=O)C2=O. The zero-order valence-corrected chi connectivity index (χ0v) is 28.6. The summed E-state index contributed by atoms with van der Waals surface area (Å²) in [4.78, 5) is 65.7. The van der Waals surface area contributed by atoms with E-state index in [4.69, 9.17) is 0 Å². The molecule has 10 nitrogen and oxygen atoms in total. The van der Waals surface area contributed by atoms with Gasteiger partial charge in [-0.2, -0.15) is 0 Å². The van der Waals surface area contributed by atoms with E-state index in [9.17, 15) is 44.4 Å². The normalized spacial score (nSPS) is 31.5. The standard InChI is InChI=1S/C39H45NO9/c1-21-11-9-7-8-10-12-33(45)40-29-19-32(44)34-28(39(29)49)18-26(6)38(48)35(34)37(47)25(5)17-24(4)36(46)23(3)14-16-27(41)15-13-22(2)31(43)20-30(21)42/h7-14,16-19,21,23-24,27,30,36,41-42,46,48H,15,20H2,1-6H3,(H,40,45)/b8-7-,11-9+,12-10+,16-14+,22-13+,25-17-/t21-,23-,24-,27+,30-,36+/m1/s1. The fourth-order valence-electron chi connectivity index (χ4n) is 5.47. The molecule has 4 bridgehead atoms. The van der Waals surface area contributed by atoms with Crippen LogP contribution >= 0.6 is 0 Å². The number of ketones is 4. The molecule has 1 aromatic carbocycles. The molecular formula is C39H45NO9. The molecule has 10 heteroatoms. The Balaban J connectivity index is 2.01. The number of hydrogen-bond donors (Lipinski definition) is 5. The van der Waals surface area contributed by atoms with Crippen LogP contribution < -0.4 is 5.32 Å². The van der Waals surface area contributed by atoms with E-state index in [1.165, 1.54) is 38.1 Å². The Bertz CT molecular complexity index is 1720. The van der Waals surface area contributed by atoms with Crippen molar-refractivity contribution >= 4 is 29.0 Å². The van der Waals surface area contributed by atoms with E-state index in [1.54, 1.807) is 64.2 Å². The highest BCUT2D eigenvalue weighted by Gasteiger charge is 2.34. The van der Waals surface area contributed by atoms with Gasteiger partial charge in [0.1, 0.15) is 5.75 Å². The van der Waals surface area contributed by atoms with Crippen molar-refractivity contribution in [3.63, 3.8) is 0 Å². The first-order valence-corrected chi connectivity index (χ1v) is 16.2. The number of aliphatic hydroxyl groups excluding tert-OH is 3. The van der Waals surface area contributed by atoms with Crippen molar-refractivity contribution in [2.75, 3.05) is 0 Å². The lowest BCUT2D eigenvalue weighted by Gasteiger charge is -2.22. The lowest BCUT2D eigenvalue weighted by Crippen LogP contribution is -2.31. The van der Waals surface area contributed by atoms with Crippen LogP contribution in [-0.2, 0) is 9.59 Å². The average molecular weight is 672 g/mol. The van der Waals surface area contributed by atoms with Gasteiger partial charge in [-0.15, -0.1) is 0 Å². The molecule has 1 aromatic rings. The minimum Gasteiger partial charge on any atom is -0.507 e. The minimum atomic E-state index is -0.986. The van der Waals surface area contributed by atoms with Crippen LogP contribution in [0, 0.1) is 24.7 Å². The smallest absolute Gasteiger partial charge is 0.248 e. The Morgan fingerprint density at radius 1 is 0.755 bits per heavy atom. The molecule has 0 saturated heterocycles. The van der Waals surface area contributed by atoms with Crippen LogP contribution in [0.25, 0.3) is 0 Å². The zero-order valence-electron chi connectivity index (χ0n) is 28.6. The van der Waals surface area contributed by atoms with E-state index in [1.807, 2.05) is 0 Å². The predicted molar refractivity (Wildman–Crippen MR) is 186 cm³/mol. The number of carbonyl (C=O) groups excluding carboxylic acids is 5. The highest BCUT2D eigenvalue weighted by molar-refractivity contribution is 6.30. The monoisotopic (exact) mass is 671 g/mol. The Kier molecular flexibility index (Phi) is 13.5. The second-order valence-electron chi connectivity index (χ2n) is 12.7. The summed E-state index contributed by atoms with van der Waals surface area (Å²) in [6.45, 7) is 9.76. The van der Waals surface area contributed by atoms with Gasteiger partial charge in [0.15, 0.2) is 17.3 Å². The Labute approximate surface area is 286 Å². The van der Waals surface area contributed by atoms with Crippen LogP contribution in [0.1, 0.15) is 84.1 Å². The number of nitrogens with one attached hydrogen (secondary N) is 1. The lowest BCUT2D eigenvalue weighted by atomic mass is 9.83. The molecule has 3 aliphatic rings. The van der Waals surface area contributed by atoms with Gasteiger partial charge >= 0.3 is 0 Å². The summed E-state index contributed by atoms with van der Waals surface area (Å²) < 4.78 is 0. The quantitative estimate of drug-likeness (QED) is 0.244. The molecule has 0 saturated carbocycles. The Morgan fingerprint density at radius 3 is 2.12 bits per heavy atom. The average Bonchev–Trinajstić information content (AvgIpc) is 3.05. The number of fused-ring (bicyclic) bond motifs is 18. The number of aromatic hydroxyl groups is 1. The molecule has 0 aromatic heterocycles. The van der Waals surface area contributed by atoms with Gasteiger partial charge in [0.25, 0.3) is 0 Å². The van der Waals surface area contributed by atoms with E-state index in [2.05, 4.69) is 5.32 Å². The maximum atomic E-state index is 13.7. The minimum absolute atomic E-state index is 0.109. The topological polar surface area (TPSA) is 178 Å². The van der Waals surface area contributed by atoms with E-state index < -0.39 is 59.2 Å². The molecule has 0 spiro atoms. The number of amides is 1. The fourth-order valence-corrected chi connectivity index (χ4v) is 5.47. The highest BCUT2D eigenvalue weighted by Crippen LogP contribution is 2.35. The zero-order chi connectivity index (χ0) is 36.6. The van der Waals surface area contributed by atoms with Crippen molar-refractivity contribution in [3.8, 4) is 5.75 Å². The van der Waals surface area contributed by atoms with Crippen LogP contribution in [0.4, 0.5) is 0 Å². The molecular weight excluding hydrogens is 626 g/mol. The van der Waals surface area contributed by atoms with E-state index in [0.717, 1.165) is 12.2 Å². The van der Waals surface area contributed by atoms with Crippen LogP contribution in [0.15, 0.2) is 89.7 Å². The Hall–Kier alpha value is -4.77. The molecule has 2 heterocycles. The number of aliphatic hydroxyl groups is 3. The number of benzene rings is 1. The molecule has 0 radical (unpaired) electrons. The van der Waals surface area contributed by atoms with Crippen molar-refractivity contribution in [2.24, 2.45) is 17.8 Å². The lowest BCUT2D eigenvalue weighted by molar-refractivity contribution is -0.118. The van der Waals surface area contributed by atoms with Crippen molar-refractivity contribution < 1.29 is 44.4 Å². The van der Waals surface area contributed by atoms with Crippen molar-refractivity contribution in [3.05, 3.63) is 112 Å². The molecule has 0 unspecified atom stereocenters. The summed E-state index contributed by atoms with van der Waals surface area (Å²) in [6, 6.07) is 1.30. The fraction of sp³-hybridized carbons (Fsp3) is 0.359. The van der Waals surface area contributed by atoms with Gasteiger partial charge in [0, 0.05) is 47.5 Å². The second-order valence-corrected chi connectivity index (χ2v) is 12.7. The number of Topliss-reactive ketones (excluding diaryl/α,β-unsaturated/α-hetero) is 3. The third-order valence-electron chi connectivity index (χ3n) is 8.67. The van der Waals surface area contributed by atoms with Crippen molar-refractivity contribution in [1.82, 2.24) is 5.32 Å². The second kappa shape index (κ2) is 17.1. The van der Waals surface area contributed by atoms with E-state index in [0.29, 0.717) is 5.57 Å². The predicted octanol–water partition coefficient (Wildman–Crippen LogP) is 4.73. The maximum Gasteiger partial charge on any atom is 0.248 e. The van der Waals surface area contributed by atoms with Crippen LogP contribution in [0.5, 0.6) is 5.75 Å². The van der Waals surface area contributed by atoms with Crippen LogP contribution in [0.2, 0.25) is 0 Å². The number of carbonyl (C=O) groups is 5. The Morgan fingerprint density at radius 2 is 1.43 bits per heavy atom. The third-order valence-corrected chi connectivity index (χ3v) is 8.67. The van der Waals surface area contributed by atoms with Gasteiger partial charge in [-0.05, 0) is 50.0 Å². The number of rotatable bonds is 0.